The van der Waals surface area contributed by atoms with E-state index in [-0.39, 0.29) is 5.69 Å². The van der Waals surface area contributed by atoms with E-state index < -0.39 is 29.2 Å². The zero-order valence-corrected chi connectivity index (χ0v) is 25.6. The minimum Gasteiger partial charge on any atom is -0.444 e. The van der Waals surface area contributed by atoms with Crippen molar-refractivity contribution in [3.63, 3.8) is 0 Å². The van der Waals surface area contributed by atoms with Gasteiger partial charge in [0.15, 0.2) is 5.82 Å². The summed E-state index contributed by atoms with van der Waals surface area (Å²) in [6.07, 6.45) is 5.59. The van der Waals surface area contributed by atoms with Crippen LogP contribution in [-0.2, 0) is 24.6 Å². The molecular formula is C32H36FN7O3. The van der Waals surface area contributed by atoms with Gasteiger partial charge in [-0.1, -0.05) is 13.0 Å². The molecule has 0 bridgehead atoms. The van der Waals surface area contributed by atoms with Crippen LogP contribution in [0.25, 0.3) is 28.1 Å². The summed E-state index contributed by atoms with van der Waals surface area (Å²) in [4.78, 5) is 29.0. The smallest absolute Gasteiger partial charge is 0.410 e. The number of ether oxygens (including phenoxy) is 1. The molecule has 0 saturated heterocycles. The summed E-state index contributed by atoms with van der Waals surface area (Å²) in [6, 6.07) is 9.00. The Bertz CT molecular complexity index is 1940. The van der Waals surface area contributed by atoms with Crippen molar-refractivity contribution >= 4 is 17.0 Å². The number of nitrogens with zero attached hydrogens (tertiary/aromatic N) is 7. The Balaban J connectivity index is 1.54. The van der Waals surface area contributed by atoms with Gasteiger partial charge in [0.1, 0.15) is 11.4 Å². The lowest BCUT2D eigenvalue weighted by Gasteiger charge is -2.34. The van der Waals surface area contributed by atoms with Crippen LogP contribution >= 0.6 is 0 Å². The van der Waals surface area contributed by atoms with Gasteiger partial charge in [-0.05, 0) is 76.4 Å². The molecule has 43 heavy (non-hydrogen) atoms. The number of halogens is 1. The van der Waals surface area contributed by atoms with Crippen molar-refractivity contribution in [1.29, 1.82) is 0 Å². The van der Waals surface area contributed by atoms with Gasteiger partial charge in [-0.2, -0.15) is 10.2 Å². The minimum absolute atomic E-state index is 0.121. The molecule has 0 spiro atoms. The maximum Gasteiger partial charge on any atom is 0.410 e. The van der Waals surface area contributed by atoms with Crippen molar-refractivity contribution in [2.24, 2.45) is 7.05 Å². The number of aryl methyl sites for hydroxylation is 3. The summed E-state index contributed by atoms with van der Waals surface area (Å²) in [6.45, 7) is 12.0. The molecule has 2 aromatic carbocycles. The Morgan fingerprint density at radius 3 is 2.58 bits per heavy atom. The van der Waals surface area contributed by atoms with E-state index in [0.717, 1.165) is 28.9 Å². The fourth-order valence-corrected chi connectivity index (χ4v) is 5.93. The first-order valence-electron chi connectivity index (χ1n) is 14.5. The van der Waals surface area contributed by atoms with Gasteiger partial charge in [0.2, 0.25) is 0 Å². The molecule has 1 aliphatic rings. The van der Waals surface area contributed by atoms with Gasteiger partial charge in [0.25, 0.3) is 0 Å². The first kappa shape index (κ1) is 28.4. The highest BCUT2D eigenvalue weighted by molar-refractivity contribution is 5.81. The van der Waals surface area contributed by atoms with Crippen LogP contribution in [0, 0.1) is 12.7 Å². The molecule has 0 fully saturated rings. The van der Waals surface area contributed by atoms with Crippen molar-refractivity contribution in [1.82, 2.24) is 33.6 Å². The molecule has 0 unspecified atom stereocenters. The third kappa shape index (κ3) is 4.72. The number of aromatic nitrogens is 6. The molecule has 1 aliphatic heterocycles. The van der Waals surface area contributed by atoms with Gasteiger partial charge in [0, 0.05) is 38.0 Å². The van der Waals surface area contributed by atoms with E-state index in [0.29, 0.717) is 29.7 Å². The zero-order chi connectivity index (χ0) is 30.8. The van der Waals surface area contributed by atoms with Gasteiger partial charge in [-0.25, -0.2) is 18.7 Å². The monoisotopic (exact) mass is 585 g/mol. The number of imidazole rings is 1. The van der Waals surface area contributed by atoms with E-state index in [2.05, 4.69) is 31.1 Å². The summed E-state index contributed by atoms with van der Waals surface area (Å²) in [7, 11) is 1.74. The molecule has 0 aliphatic carbocycles. The summed E-state index contributed by atoms with van der Waals surface area (Å²) < 4.78 is 27.5. The molecule has 11 heteroatoms. The Morgan fingerprint density at radius 2 is 1.88 bits per heavy atom. The minimum atomic E-state index is -0.656. The first-order valence-corrected chi connectivity index (χ1v) is 14.5. The highest BCUT2D eigenvalue weighted by Gasteiger charge is 2.37. The molecule has 3 aromatic heterocycles. The van der Waals surface area contributed by atoms with Gasteiger partial charge >= 0.3 is 11.8 Å². The maximum atomic E-state index is 15.7. The Kier molecular flexibility index (Phi) is 6.78. The van der Waals surface area contributed by atoms with Crippen molar-refractivity contribution < 1.29 is 13.9 Å². The van der Waals surface area contributed by atoms with Crippen molar-refractivity contribution in [3.8, 4) is 17.2 Å². The van der Waals surface area contributed by atoms with Crippen LogP contribution in [0.2, 0.25) is 0 Å². The van der Waals surface area contributed by atoms with Gasteiger partial charge in [-0.3, -0.25) is 13.8 Å². The number of amides is 1. The second-order valence-electron chi connectivity index (χ2n) is 12.1. The van der Waals surface area contributed by atoms with Crippen molar-refractivity contribution in [3.05, 3.63) is 87.6 Å². The predicted molar refractivity (Wildman–Crippen MR) is 162 cm³/mol. The fraction of sp³-hybridized carbons (Fsp3) is 0.375. The molecule has 0 radical (unpaired) electrons. The van der Waals surface area contributed by atoms with E-state index in [1.165, 1.54) is 20.9 Å². The largest absolute Gasteiger partial charge is 0.444 e. The summed E-state index contributed by atoms with van der Waals surface area (Å²) in [5, 5.41) is 9.46. The SMILES string of the molecule is CCc1ccc(-n2nc3c(c2-n2ccn(-c4ccc5c(cnn5C)c4F)c2=O)[C@H](C)N(C(=O)OC(C)(C)C)CC3)cc1C. The molecule has 224 valence electrons. The third-order valence-electron chi connectivity index (χ3n) is 8.14. The van der Waals surface area contributed by atoms with E-state index in [9.17, 15) is 9.59 Å². The topological polar surface area (TPSA) is 92.1 Å². The maximum absolute atomic E-state index is 15.7. The Hall–Kier alpha value is -4.67. The van der Waals surface area contributed by atoms with E-state index in [4.69, 9.17) is 9.84 Å². The fourth-order valence-electron chi connectivity index (χ4n) is 5.93. The first-order chi connectivity index (χ1) is 20.4. The zero-order valence-electron chi connectivity index (χ0n) is 25.6. The van der Waals surface area contributed by atoms with Crippen LogP contribution in [0.3, 0.4) is 0 Å². The van der Waals surface area contributed by atoms with Gasteiger partial charge in [-0.15, -0.1) is 0 Å². The number of carbonyl (C=O) groups excluding carboxylic acids is 1. The average Bonchev–Trinajstić information content (AvgIpc) is 3.63. The number of carbonyl (C=O) groups is 1. The highest BCUT2D eigenvalue weighted by atomic mass is 19.1. The summed E-state index contributed by atoms with van der Waals surface area (Å²) in [5.41, 5.74) is 4.29. The lowest BCUT2D eigenvalue weighted by molar-refractivity contribution is 0.0159. The van der Waals surface area contributed by atoms with Crippen LogP contribution in [0.15, 0.2) is 53.7 Å². The number of hydrogen-bond donors (Lipinski definition) is 0. The van der Waals surface area contributed by atoms with Crippen LogP contribution in [0.4, 0.5) is 9.18 Å². The van der Waals surface area contributed by atoms with Crippen LogP contribution in [0.5, 0.6) is 0 Å². The molecular weight excluding hydrogens is 549 g/mol. The van der Waals surface area contributed by atoms with Crippen LogP contribution in [0.1, 0.15) is 63.0 Å². The Morgan fingerprint density at radius 1 is 1.14 bits per heavy atom. The molecule has 4 heterocycles. The van der Waals surface area contributed by atoms with Crippen molar-refractivity contribution in [2.45, 2.75) is 66.0 Å². The quantitative estimate of drug-likeness (QED) is 0.275. The van der Waals surface area contributed by atoms with E-state index in [1.807, 2.05) is 33.8 Å². The lowest BCUT2D eigenvalue weighted by Crippen LogP contribution is -2.42. The number of benzene rings is 2. The lowest BCUT2D eigenvalue weighted by atomic mass is 9.99. The molecule has 0 saturated carbocycles. The predicted octanol–water partition coefficient (Wildman–Crippen LogP) is 5.56. The molecule has 0 N–H and O–H groups in total. The molecule has 10 nitrogen and oxygen atoms in total. The average molecular weight is 586 g/mol. The standard InChI is InChI=1S/C32H36FN7O3/c1-8-21-9-10-22(17-19(21)2)40-29(27-20(3)37(14-13-24(27)35-40)31(42)43-32(4,5)6)39-16-15-38(30(39)41)26-12-11-25-23(28(26)33)18-34-36(25)7/h9-12,15-18,20H,8,13-14H2,1-7H3/t20-/m0/s1. The molecule has 6 rings (SSSR count). The van der Waals surface area contributed by atoms with Gasteiger partial charge < -0.3 is 9.64 Å². The molecule has 1 atom stereocenters. The van der Waals surface area contributed by atoms with E-state index in [1.54, 1.807) is 45.8 Å². The third-order valence-corrected chi connectivity index (χ3v) is 8.14. The summed E-state index contributed by atoms with van der Waals surface area (Å²) in [5.74, 6) is -0.0257. The van der Waals surface area contributed by atoms with E-state index >= 15 is 4.39 Å². The Labute approximate surface area is 248 Å². The normalized spacial score (nSPS) is 15.3. The second-order valence-corrected chi connectivity index (χ2v) is 12.1. The number of hydrogen-bond acceptors (Lipinski definition) is 5. The second kappa shape index (κ2) is 10.3. The summed E-state index contributed by atoms with van der Waals surface area (Å²) >= 11 is 0. The van der Waals surface area contributed by atoms with Crippen molar-refractivity contribution in [2.75, 3.05) is 6.54 Å². The van der Waals surface area contributed by atoms with Crippen LogP contribution < -0.4 is 5.69 Å². The van der Waals surface area contributed by atoms with Crippen LogP contribution in [-0.4, -0.2) is 51.8 Å². The number of rotatable bonds is 4. The molecule has 1 amide bonds. The number of fused-ring (bicyclic) bond motifs is 2. The highest BCUT2D eigenvalue weighted by Crippen LogP contribution is 2.36. The van der Waals surface area contributed by atoms with Gasteiger partial charge in [0.05, 0.1) is 40.2 Å². The molecule has 5 aromatic rings.